The van der Waals surface area contributed by atoms with Gasteiger partial charge >= 0.3 is 0 Å². The van der Waals surface area contributed by atoms with Crippen molar-refractivity contribution < 1.29 is 4.79 Å². The largest absolute Gasteiger partial charge is 0.345 e. The van der Waals surface area contributed by atoms with Crippen LogP contribution in [0.5, 0.6) is 0 Å². The van der Waals surface area contributed by atoms with E-state index in [-0.39, 0.29) is 5.91 Å². The molecular formula is C9H10BrNOS. The molecule has 1 aromatic heterocycles. The summed E-state index contributed by atoms with van der Waals surface area (Å²) in [5.74, 6) is 0.00419. The highest BCUT2D eigenvalue weighted by molar-refractivity contribution is 9.11. The predicted octanol–water partition coefficient (Wildman–Crippen LogP) is 2.61. The van der Waals surface area contributed by atoms with Gasteiger partial charge in [0.1, 0.15) is 0 Å². The molecule has 0 spiro atoms. The van der Waals surface area contributed by atoms with Gasteiger partial charge in [-0.25, -0.2) is 0 Å². The molecule has 0 aliphatic carbocycles. The SMILES string of the molecule is CN(C)C(=O)C=Cc1ccc(Br)s1. The van der Waals surface area contributed by atoms with Crippen LogP contribution in [0.15, 0.2) is 22.0 Å². The van der Waals surface area contributed by atoms with Crippen molar-refractivity contribution in [3.05, 3.63) is 26.9 Å². The fourth-order valence-electron chi connectivity index (χ4n) is 0.720. The maximum absolute atomic E-state index is 11.2. The Kier molecular flexibility index (Phi) is 3.69. The van der Waals surface area contributed by atoms with Crippen molar-refractivity contribution in [1.82, 2.24) is 4.90 Å². The van der Waals surface area contributed by atoms with Crippen LogP contribution in [0.4, 0.5) is 0 Å². The Morgan fingerprint density at radius 3 is 2.69 bits per heavy atom. The molecule has 0 aromatic carbocycles. The van der Waals surface area contributed by atoms with Crippen LogP contribution in [0.3, 0.4) is 0 Å². The fourth-order valence-corrected chi connectivity index (χ4v) is 2.05. The van der Waals surface area contributed by atoms with Gasteiger partial charge in [-0.15, -0.1) is 11.3 Å². The van der Waals surface area contributed by atoms with E-state index in [1.54, 1.807) is 36.4 Å². The molecule has 4 heteroatoms. The minimum atomic E-state index is 0.00419. The average Bonchev–Trinajstić information content (AvgIpc) is 2.47. The van der Waals surface area contributed by atoms with Gasteiger partial charge < -0.3 is 4.90 Å². The second kappa shape index (κ2) is 4.58. The second-order valence-corrected chi connectivity index (χ2v) is 5.20. The van der Waals surface area contributed by atoms with Crippen molar-refractivity contribution in [3.8, 4) is 0 Å². The summed E-state index contributed by atoms with van der Waals surface area (Å²) < 4.78 is 1.07. The summed E-state index contributed by atoms with van der Waals surface area (Å²) in [5, 5.41) is 0. The summed E-state index contributed by atoms with van der Waals surface area (Å²) in [4.78, 5) is 13.8. The van der Waals surface area contributed by atoms with Crippen LogP contribution >= 0.6 is 27.3 Å². The van der Waals surface area contributed by atoms with E-state index >= 15 is 0 Å². The monoisotopic (exact) mass is 259 g/mol. The molecule has 0 bridgehead atoms. The second-order valence-electron chi connectivity index (χ2n) is 2.71. The molecule has 0 unspecified atom stereocenters. The van der Waals surface area contributed by atoms with Gasteiger partial charge in [-0.05, 0) is 34.1 Å². The molecule has 1 aromatic rings. The number of hydrogen-bond acceptors (Lipinski definition) is 2. The molecule has 70 valence electrons. The van der Waals surface area contributed by atoms with Crippen molar-refractivity contribution in [2.45, 2.75) is 0 Å². The first-order valence-corrected chi connectivity index (χ1v) is 5.35. The molecule has 1 amide bonds. The molecule has 2 nitrogen and oxygen atoms in total. The third-order valence-electron chi connectivity index (χ3n) is 1.42. The Bertz CT molecular complexity index is 330. The summed E-state index contributed by atoms with van der Waals surface area (Å²) in [5.41, 5.74) is 0. The van der Waals surface area contributed by atoms with Crippen molar-refractivity contribution in [2.75, 3.05) is 14.1 Å². The van der Waals surface area contributed by atoms with E-state index < -0.39 is 0 Å². The number of hydrogen-bond donors (Lipinski definition) is 0. The number of rotatable bonds is 2. The maximum Gasteiger partial charge on any atom is 0.246 e. The van der Waals surface area contributed by atoms with Gasteiger partial charge in [0.25, 0.3) is 0 Å². The topological polar surface area (TPSA) is 20.3 Å². The smallest absolute Gasteiger partial charge is 0.246 e. The first-order chi connectivity index (χ1) is 6.09. The summed E-state index contributed by atoms with van der Waals surface area (Å²) >= 11 is 4.96. The molecule has 1 heterocycles. The number of nitrogens with zero attached hydrogens (tertiary/aromatic N) is 1. The Hall–Kier alpha value is -0.610. The Labute approximate surface area is 90.0 Å². The standard InChI is InChI=1S/C9H10BrNOS/c1-11(2)9(12)6-4-7-3-5-8(10)13-7/h3-6H,1-2H3. The summed E-state index contributed by atoms with van der Waals surface area (Å²) in [6.07, 6.45) is 3.38. The van der Waals surface area contributed by atoms with E-state index in [2.05, 4.69) is 15.9 Å². The molecule has 0 saturated heterocycles. The maximum atomic E-state index is 11.2. The van der Waals surface area contributed by atoms with E-state index in [0.29, 0.717) is 0 Å². The highest BCUT2D eigenvalue weighted by Crippen LogP contribution is 2.22. The molecular weight excluding hydrogens is 250 g/mol. The minimum Gasteiger partial charge on any atom is -0.345 e. The van der Waals surface area contributed by atoms with E-state index in [1.165, 1.54) is 0 Å². The number of likely N-dealkylation sites (N-methyl/N-ethyl adjacent to an activating group) is 1. The number of carbonyl (C=O) groups excluding carboxylic acids is 1. The molecule has 0 fully saturated rings. The summed E-state index contributed by atoms with van der Waals surface area (Å²) in [7, 11) is 3.47. The van der Waals surface area contributed by atoms with Crippen molar-refractivity contribution in [3.63, 3.8) is 0 Å². The van der Waals surface area contributed by atoms with Crippen molar-refractivity contribution in [1.29, 1.82) is 0 Å². The molecule has 0 atom stereocenters. The molecule has 0 saturated carbocycles. The highest BCUT2D eigenvalue weighted by Gasteiger charge is 1.97. The molecule has 0 N–H and O–H groups in total. The zero-order valence-electron chi connectivity index (χ0n) is 7.45. The third kappa shape index (κ3) is 3.32. The number of amides is 1. The summed E-state index contributed by atoms with van der Waals surface area (Å²) in [6.45, 7) is 0. The van der Waals surface area contributed by atoms with Gasteiger partial charge in [-0.3, -0.25) is 4.79 Å². The zero-order valence-corrected chi connectivity index (χ0v) is 9.85. The lowest BCUT2D eigenvalue weighted by atomic mass is 10.4. The van der Waals surface area contributed by atoms with Crippen LogP contribution in [0.1, 0.15) is 4.88 Å². The molecule has 0 aliphatic rings. The average molecular weight is 260 g/mol. The number of carbonyl (C=O) groups is 1. The normalized spacial score (nSPS) is 10.7. The fraction of sp³-hybridized carbons (Fsp3) is 0.222. The van der Waals surface area contributed by atoms with E-state index in [0.717, 1.165) is 8.66 Å². The van der Waals surface area contributed by atoms with Gasteiger partial charge in [0, 0.05) is 25.0 Å². The number of halogens is 1. The Balaban J connectivity index is 2.64. The van der Waals surface area contributed by atoms with Crippen LogP contribution in [-0.2, 0) is 4.79 Å². The Morgan fingerprint density at radius 2 is 2.23 bits per heavy atom. The summed E-state index contributed by atoms with van der Waals surface area (Å²) in [6, 6.07) is 3.93. The van der Waals surface area contributed by atoms with Crippen molar-refractivity contribution in [2.24, 2.45) is 0 Å². The highest BCUT2D eigenvalue weighted by atomic mass is 79.9. The number of thiophene rings is 1. The first-order valence-electron chi connectivity index (χ1n) is 3.74. The molecule has 0 radical (unpaired) electrons. The van der Waals surface area contributed by atoms with Crippen LogP contribution < -0.4 is 0 Å². The van der Waals surface area contributed by atoms with E-state index in [9.17, 15) is 4.79 Å². The molecule has 13 heavy (non-hydrogen) atoms. The lowest BCUT2D eigenvalue weighted by Crippen LogP contribution is -2.18. The Morgan fingerprint density at radius 1 is 1.54 bits per heavy atom. The van der Waals surface area contributed by atoms with Crippen LogP contribution in [0.25, 0.3) is 6.08 Å². The van der Waals surface area contributed by atoms with Crippen molar-refractivity contribution >= 4 is 39.2 Å². The van der Waals surface area contributed by atoms with Crippen LogP contribution in [0.2, 0.25) is 0 Å². The van der Waals surface area contributed by atoms with Gasteiger partial charge in [0.05, 0.1) is 3.79 Å². The predicted molar refractivity (Wildman–Crippen MR) is 59.7 cm³/mol. The van der Waals surface area contributed by atoms with Gasteiger partial charge in [0.2, 0.25) is 5.91 Å². The first kappa shape index (κ1) is 10.5. The lowest BCUT2D eigenvalue weighted by Gasteiger charge is -2.04. The third-order valence-corrected chi connectivity index (χ3v) is 3.01. The van der Waals surface area contributed by atoms with E-state index in [4.69, 9.17) is 0 Å². The van der Waals surface area contributed by atoms with Gasteiger partial charge in [0.15, 0.2) is 0 Å². The van der Waals surface area contributed by atoms with Gasteiger partial charge in [-0.1, -0.05) is 0 Å². The van der Waals surface area contributed by atoms with Gasteiger partial charge in [-0.2, -0.15) is 0 Å². The van der Waals surface area contributed by atoms with E-state index in [1.807, 2.05) is 18.2 Å². The molecule has 1 rings (SSSR count). The lowest BCUT2D eigenvalue weighted by molar-refractivity contribution is -0.123. The quantitative estimate of drug-likeness (QED) is 0.748. The molecule has 0 aliphatic heterocycles. The van der Waals surface area contributed by atoms with Crippen LogP contribution in [-0.4, -0.2) is 24.9 Å². The zero-order chi connectivity index (χ0) is 9.84. The van der Waals surface area contributed by atoms with Crippen LogP contribution in [0, 0.1) is 0 Å². The minimum absolute atomic E-state index is 0.00419.